The van der Waals surface area contributed by atoms with Crippen LogP contribution in [0.5, 0.6) is 5.75 Å². The highest BCUT2D eigenvalue weighted by Gasteiger charge is 2.54. The summed E-state index contributed by atoms with van der Waals surface area (Å²) in [7, 11) is 0. The Labute approximate surface area is 151 Å². The van der Waals surface area contributed by atoms with Crippen molar-refractivity contribution in [2.45, 2.75) is 78.6 Å². The number of carbonyl (C=O) groups excluding carboxylic acids is 2. The van der Waals surface area contributed by atoms with Gasteiger partial charge in [-0.1, -0.05) is 33.8 Å². The van der Waals surface area contributed by atoms with Gasteiger partial charge in [-0.2, -0.15) is 0 Å². The molecule has 3 rings (SSSR count). The first-order valence-corrected chi connectivity index (χ1v) is 9.47. The molecule has 0 saturated heterocycles. The maximum atomic E-state index is 13.1. The first-order valence-electron chi connectivity index (χ1n) is 9.47. The van der Waals surface area contributed by atoms with Gasteiger partial charge >= 0.3 is 5.97 Å². The van der Waals surface area contributed by atoms with Crippen LogP contribution in [0.4, 0.5) is 0 Å². The standard InChI is InChI=1S/C22H30O3/c1-13(2)20-15-7-10-18-21(4,5)12-11-19(24)22(18,6)16(15)8-9-17(20)25-14(3)23/h8-9,13,18H,7,10-12H2,1-6H3/t18-,22+/m0/s1. The minimum Gasteiger partial charge on any atom is -0.426 e. The Kier molecular flexibility index (Phi) is 4.33. The van der Waals surface area contributed by atoms with Crippen molar-refractivity contribution >= 4 is 11.8 Å². The number of Topliss-reactive ketones (excluding diaryl/α,β-unsaturated/α-hetero) is 1. The Balaban J connectivity index is 2.21. The van der Waals surface area contributed by atoms with E-state index in [0.717, 1.165) is 24.8 Å². The molecule has 0 radical (unpaired) electrons. The van der Waals surface area contributed by atoms with Gasteiger partial charge in [-0.15, -0.1) is 0 Å². The summed E-state index contributed by atoms with van der Waals surface area (Å²) in [6.07, 6.45) is 3.60. The number of rotatable bonds is 2. The van der Waals surface area contributed by atoms with Crippen molar-refractivity contribution in [3.05, 3.63) is 28.8 Å². The molecule has 0 N–H and O–H groups in total. The zero-order valence-electron chi connectivity index (χ0n) is 16.4. The van der Waals surface area contributed by atoms with E-state index in [9.17, 15) is 9.59 Å². The maximum Gasteiger partial charge on any atom is 0.308 e. The molecule has 0 heterocycles. The Morgan fingerprint density at radius 2 is 1.88 bits per heavy atom. The van der Waals surface area contributed by atoms with E-state index in [1.54, 1.807) is 0 Å². The largest absolute Gasteiger partial charge is 0.426 e. The fraction of sp³-hybridized carbons (Fsp3) is 0.636. The Morgan fingerprint density at radius 1 is 1.20 bits per heavy atom. The van der Waals surface area contributed by atoms with Gasteiger partial charge in [0.1, 0.15) is 11.5 Å². The van der Waals surface area contributed by atoms with E-state index < -0.39 is 5.41 Å². The maximum absolute atomic E-state index is 13.1. The smallest absolute Gasteiger partial charge is 0.308 e. The van der Waals surface area contributed by atoms with Gasteiger partial charge in [0.2, 0.25) is 0 Å². The van der Waals surface area contributed by atoms with E-state index in [1.807, 2.05) is 12.1 Å². The van der Waals surface area contributed by atoms with Crippen LogP contribution in [0.2, 0.25) is 0 Å². The third-order valence-corrected chi connectivity index (χ3v) is 6.61. The van der Waals surface area contributed by atoms with Crippen LogP contribution in [0.1, 0.15) is 83.4 Å². The van der Waals surface area contributed by atoms with E-state index in [0.29, 0.717) is 23.9 Å². The van der Waals surface area contributed by atoms with E-state index >= 15 is 0 Å². The number of hydrogen-bond donors (Lipinski definition) is 0. The molecule has 0 aliphatic heterocycles. The van der Waals surface area contributed by atoms with Crippen LogP contribution in [0, 0.1) is 11.3 Å². The SMILES string of the molecule is CC(=O)Oc1ccc2c(c1C(C)C)CC[C@H]1C(C)(C)CCC(=O)[C@]21C. The number of hydrogen-bond acceptors (Lipinski definition) is 3. The summed E-state index contributed by atoms with van der Waals surface area (Å²) in [4.78, 5) is 24.6. The van der Waals surface area contributed by atoms with Gasteiger partial charge in [-0.3, -0.25) is 9.59 Å². The summed E-state index contributed by atoms with van der Waals surface area (Å²) < 4.78 is 5.49. The number of esters is 1. The molecule has 0 unspecified atom stereocenters. The summed E-state index contributed by atoms with van der Waals surface area (Å²) >= 11 is 0. The van der Waals surface area contributed by atoms with E-state index in [-0.39, 0.29) is 17.3 Å². The minimum atomic E-state index is -0.423. The Bertz CT molecular complexity index is 729. The minimum absolute atomic E-state index is 0.174. The predicted molar refractivity (Wildman–Crippen MR) is 99.0 cm³/mol. The second-order valence-corrected chi connectivity index (χ2v) is 8.96. The van der Waals surface area contributed by atoms with Crippen molar-refractivity contribution in [2.75, 3.05) is 0 Å². The highest BCUT2D eigenvalue weighted by Crippen LogP contribution is 2.56. The van der Waals surface area contributed by atoms with Gasteiger partial charge in [0.15, 0.2) is 0 Å². The summed E-state index contributed by atoms with van der Waals surface area (Å²) in [6.45, 7) is 12.5. The van der Waals surface area contributed by atoms with Crippen LogP contribution < -0.4 is 4.74 Å². The molecule has 0 bridgehead atoms. The van der Waals surface area contributed by atoms with Crippen LogP contribution >= 0.6 is 0 Å². The fourth-order valence-electron chi connectivity index (χ4n) is 5.43. The molecule has 2 atom stereocenters. The lowest BCUT2D eigenvalue weighted by Gasteiger charge is -2.53. The number of fused-ring (bicyclic) bond motifs is 3. The van der Waals surface area contributed by atoms with Crippen LogP contribution in [-0.2, 0) is 21.4 Å². The summed E-state index contributed by atoms with van der Waals surface area (Å²) in [5.41, 5.74) is 3.25. The molecule has 0 amide bonds. The molecule has 1 saturated carbocycles. The topological polar surface area (TPSA) is 43.4 Å². The molecule has 25 heavy (non-hydrogen) atoms. The molecular formula is C22H30O3. The lowest BCUT2D eigenvalue weighted by molar-refractivity contribution is -0.134. The molecule has 136 valence electrons. The van der Waals surface area contributed by atoms with Crippen LogP contribution in [-0.4, -0.2) is 11.8 Å². The monoisotopic (exact) mass is 342 g/mol. The highest BCUT2D eigenvalue weighted by atomic mass is 16.5. The third kappa shape index (κ3) is 2.72. The number of ether oxygens (including phenoxy) is 1. The third-order valence-electron chi connectivity index (χ3n) is 6.61. The van der Waals surface area contributed by atoms with Gasteiger partial charge in [0, 0.05) is 18.9 Å². The lowest BCUT2D eigenvalue weighted by atomic mass is 9.49. The average Bonchev–Trinajstić information content (AvgIpc) is 2.50. The number of benzene rings is 1. The summed E-state index contributed by atoms with van der Waals surface area (Å²) in [5, 5.41) is 0. The second-order valence-electron chi connectivity index (χ2n) is 8.96. The molecule has 2 aliphatic carbocycles. The van der Waals surface area contributed by atoms with Crippen molar-refractivity contribution in [3.8, 4) is 5.75 Å². The zero-order chi connectivity index (χ0) is 18.6. The van der Waals surface area contributed by atoms with E-state index in [1.165, 1.54) is 18.1 Å². The number of carbonyl (C=O) groups is 2. The van der Waals surface area contributed by atoms with Crippen molar-refractivity contribution in [1.29, 1.82) is 0 Å². The molecule has 3 heteroatoms. The lowest BCUT2D eigenvalue weighted by Crippen LogP contribution is -2.53. The van der Waals surface area contributed by atoms with Crippen LogP contribution in [0.15, 0.2) is 12.1 Å². The van der Waals surface area contributed by atoms with Gasteiger partial charge in [0.25, 0.3) is 0 Å². The molecular weight excluding hydrogens is 312 g/mol. The van der Waals surface area contributed by atoms with Gasteiger partial charge in [0.05, 0.1) is 5.41 Å². The Hall–Kier alpha value is -1.64. The van der Waals surface area contributed by atoms with E-state index in [4.69, 9.17) is 4.74 Å². The molecule has 0 spiro atoms. The summed E-state index contributed by atoms with van der Waals surface area (Å²) in [6, 6.07) is 3.95. The van der Waals surface area contributed by atoms with Crippen LogP contribution in [0.25, 0.3) is 0 Å². The molecule has 0 aromatic heterocycles. The first-order chi connectivity index (χ1) is 11.6. The van der Waals surface area contributed by atoms with Gasteiger partial charge in [-0.25, -0.2) is 0 Å². The fourth-order valence-corrected chi connectivity index (χ4v) is 5.43. The molecule has 2 aliphatic rings. The van der Waals surface area contributed by atoms with Crippen molar-refractivity contribution in [3.63, 3.8) is 0 Å². The van der Waals surface area contributed by atoms with Gasteiger partial charge in [-0.05, 0) is 60.6 Å². The van der Waals surface area contributed by atoms with Crippen molar-refractivity contribution in [2.24, 2.45) is 11.3 Å². The second kappa shape index (κ2) is 5.96. The zero-order valence-corrected chi connectivity index (χ0v) is 16.4. The summed E-state index contributed by atoms with van der Waals surface area (Å²) in [5.74, 6) is 1.35. The Morgan fingerprint density at radius 3 is 2.48 bits per heavy atom. The van der Waals surface area contributed by atoms with Crippen molar-refractivity contribution < 1.29 is 14.3 Å². The molecule has 3 nitrogen and oxygen atoms in total. The normalized spacial score (nSPS) is 27.6. The first kappa shape index (κ1) is 18.2. The quantitative estimate of drug-likeness (QED) is 0.564. The number of ketones is 1. The van der Waals surface area contributed by atoms with Crippen molar-refractivity contribution in [1.82, 2.24) is 0 Å². The molecule has 1 aromatic carbocycles. The van der Waals surface area contributed by atoms with Crippen LogP contribution in [0.3, 0.4) is 0 Å². The highest BCUT2D eigenvalue weighted by molar-refractivity contribution is 5.92. The average molecular weight is 342 g/mol. The van der Waals surface area contributed by atoms with E-state index in [2.05, 4.69) is 34.6 Å². The predicted octanol–water partition coefficient (Wildman–Crippen LogP) is 4.94. The molecule has 1 fully saturated rings. The molecule has 1 aromatic rings. The van der Waals surface area contributed by atoms with Gasteiger partial charge < -0.3 is 4.74 Å².